The Bertz CT molecular complexity index is 228. The predicted octanol–water partition coefficient (Wildman–Crippen LogP) is 1.39. The molecule has 0 bridgehead atoms. The lowest BCUT2D eigenvalue weighted by molar-refractivity contribution is -0.126. The standard InChI is InChI=1S/C12H22N2O/c1-9(2)14-7-11(8-14)13-12(15)10-5-3-4-6-10/h9-11H,3-8H2,1-2H3,(H,13,15). The summed E-state index contributed by atoms with van der Waals surface area (Å²) in [6, 6.07) is 1.03. The van der Waals surface area contributed by atoms with E-state index in [4.69, 9.17) is 0 Å². The van der Waals surface area contributed by atoms with Crippen LogP contribution in [0.1, 0.15) is 39.5 Å². The van der Waals surface area contributed by atoms with E-state index in [-0.39, 0.29) is 0 Å². The molecule has 0 aromatic carbocycles. The molecule has 0 atom stereocenters. The van der Waals surface area contributed by atoms with Gasteiger partial charge in [-0.15, -0.1) is 0 Å². The predicted molar refractivity (Wildman–Crippen MR) is 60.6 cm³/mol. The highest BCUT2D eigenvalue weighted by atomic mass is 16.2. The molecule has 86 valence electrons. The third-order valence-corrected chi connectivity index (χ3v) is 3.71. The number of hydrogen-bond acceptors (Lipinski definition) is 2. The van der Waals surface area contributed by atoms with E-state index in [0.29, 0.717) is 23.9 Å². The van der Waals surface area contributed by atoms with E-state index in [1.165, 1.54) is 12.8 Å². The maximum absolute atomic E-state index is 11.8. The molecule has 0 spiro atoms. The average molecular weight is 210 g/mol. The van der Waals surface area contributed by atoms with Crippen LogP contribution in [-0.2, 0) is 4.79 Å². The lowest BCUT2D eigenvalue weighted by atomic mass is 10.0. The second-order valence-corrected chi connectivity index (χ2v) is 5.23. The minimum Gasteiger partial charge on any atom is -0.351 e. The van der Waals surface area contributed by atoms with Crippen LogP contribution in [-0.4, -0.2) is 36.0 Å². The molecule has 3 nitrogen and oxygen atoms in total. The fraction of sp³-hybridized carbons (Fsp3) is 0.917. The molecule has 0 aromatic rings. The van der Waals surface area contributed by atoms with Crippen LogP contribution in [0.15, 0.2) is 0 Å². The normalized spacial score (nSPS) is 24.5. The minimum atomic E-state index is 0.306. The van der Waals surface area contributed by atoms with Crippen molar-refractivity contribution >= 4 is 5.91 Å². The molecule has 1 saturated heterocycles. The lowest BCUT2D eigenvalue weighted by Gasteiger charge is -2.42. The van der Waals surface area contributed by atoms with Crippen LogP contribution in [0.25, 0.3) is 0 Å². The van der Waals surface area contributed by atoms with Crippen molar-refractivity contribution in [1.29, 1.82) is 0 Å². The van der Waals surface area contributed by atoms with Crippen LogP contribution in [0.5, 0.6) is 0 Å². The summed E-state index contributed by atoms with van der Waals surface area (Å²) in [5.41, 5.74) is 0. The zero-order valence-corrected chi connectivity index (χ0v) is 9.83. The van der Waals surface area contributed by atoms with Crippen molar-refractivity contribution < 1.29 is 4.79 Å². The van der Waals surface area contributed by atoms with E-state index in [0.717, 1.165) is 25.9 Å². The number of rotatable bonds is 3. The van der Waals surface area contributed by atoms with Gasteiger partial charge in [0.2, 0.25) is 5.91 Å². The summed E-state index contributed by atoms with van der Waals surface area (Å²) in [6.07, 6.45) is 4.68. The van der Waals surface area contributed by atoms with E-state index in [9.17, 15) is 4.79 Å². The van der Waals surface area contributed by atoms with Crippen LogP contribution in [0, 0.1) is 5.92 Å². The van der Waals surface area contributed by atoms with Crippen LogP contribution in [0.3, 0.4) is 0 Å². The number of hydrogen-bond donors (Lipinski definition) is 1. The first-order valence-electron chi connectivity index (χ1n) is 6.21. The molecule has 2 rings (SSSR count). The first-order valence-corrected chi connectivity index (χ1v) is 6.21. The SMILES string of the molecule is CC(C)N1CC(NC(=O)C2CCCC2)C1. The van der Waals surface area contributed by atoms with Crippen LogP contribution < -0.4 is 5.32 Å². The molecule has 1 N–H and O–H groups in total. The molecule has 1 aliphatic heterocycles. The molecule has 0 aromatic heterocycles. The Hall–Kier alpha value is -0.570. The molecule has 1 saturated carbocycles. The van der Waals surface area contributed by atoms with E-state index < -0.39 is 0 Å². The summed E-state index contributed by atoms with van der Waals surface area (Å²) in [6.45, 7) is 6.48. The van der Waals surface area contributed by atoms with Gasteiger partial charge in [0.15, 0.2) is 0 Å². The highest BCUT2D eigenvalue weighted by molar-refractivity contribution is 5.79. The summed E-state index contributed by atoms with van der Waals surface area (Å²) in [4.78, 5) is 14.2. The van der Waals surface area contributed by atoms with Gasteiger partial charge in [-0.25, -0.2) is 0 Å². The Morgan fingerprint density at radius 2 is 1.87 bits per heavy atom. The molecule has 0 radical (unpaired) electrons. The maximum atomic E-state index is 11.8. The van der Waals surface area contributed by atoms with E-state index in [1.54, 1.807) is 0 Å². The van der Waals surface area contributed by atoms with Crippen molar-refractivity contribution in [3.05, 3.63) is 0 Å². The topological polar surface area (TPSA) is 32.3 Å². The van der Waals surface area contributed by atoms with E-state index in [1.807, 2.05) is 0 Å². The molecular weight excluding hydrogens is 188 g/mol. The Kier molecular flexibility index (Phi) is 3.29. The van der Waals surface area contributed by atoms with Crippen molar-refractivity contribution in [2.45, 2.75) is 51.6 Å². The van der Waals surface area contributed by atoms with Gasteiger partial charge in [0.1, 0.15) is 0 Å². The first-order chi connectivity index (χ1) is 7.16. The molecular formula is C12H22N2O. The number of carbonyl (C=O) groups is 1. The third-order valence-electron chi connectivity index (χ3n) is 3.71. The molecule has 1 aliphatic carbocycles. The molecule has 1 heterocycles. The van der Waals surface area contributed by atoms with Crippen LogP contribution in [0.4, 0.5) is 0 Å². The van der Waals surface area contributed by atoms with Crippen molar-refractivity contribution in [2.75, 3.05) is 13.1 Å². The Morgan fingerprint density at radius 3 is 2.40 bits per heavy atom. The van der Waals surface area contributed by atoms with Gasteiger partial charge in [0.05, 0.1) is 6.04 Å². The van der Waals surface area contributed by atoms with Crippen LogP contribution >= 0.6 is 0 Å². The largest absolute Gasteiger partial charge is 0.351 e. The zero-order chi connectivity index (χ0) is 10.8. The van der Waals surface area contributed by atoms with E-state index in [2.05, 4.69) is 24.1 Å². The third kappa shape index (κ3) is 2.51. The number of carbonyl (C=O) groups excluding carboxylic acids is 1. The lowest BCUT2D eigenvalue weighted by Crippen LogP contribution is -2.61. The summed E-state index contributed by atoms with van der Waals surface area (Å²) in [7, 11) is 0. The van der Waals surface area contributed by atoms with Gasteiger partial charge in [-0.2, -0.15) is 0 Å². The summed E-state index contributed by atoms with van der Waals surface area (Å²) in [5, 5.41) is 3.16. The van der Waals surface area contributed by atoms with Crippen LogP contribution in [0.2, 0.25) is 0 Å². The summed E-state index contributed by atoms with van der Waals surface area (Å²) < 4.78 is 0. The van der Waals surface area contributed by atoms with Crippen molar-refractivity contribution in [2.24, 2.45) is 5.92 Å². The van der Waals surface area contributed by atoms with Crippen molar-refractivity contribution in [3.8, 4) is 0 Å². The quantitative estimate of drug-likeness (QED) is 0.763. The highest BCUT2D eigenvalue weighted by Gasteiger charge is 2.31. The van der Waals surface area contributed by atoms with Gasteiger partial charge in [-0.3, -0.25) is 9.69 Å². The Morgan fingerprint density at radius 1 is 1.27 bits per heavy atom. The van der Waals surface area contributed by atoms with Gasteiger partial charge < -0.3 is 5.32 Å². The number of likely N-dealkylation sites (tertiary alicyclic amines) is 1. The number of nitrogens with zero attached hydrogens (tertiary/aromatic N) is 1. The molecule has 1 amide bonds. The second kappa shape index (κ2) is 4.52. The van der Waals surface area contributed by atoms with Crippen molar-refractivity contribution in [1.82, 2.24) is 10.2 Å². The molecule has 15 heavy (non-hydrogen) atoms. The Balaban J connectivity index is 1.68. The molecule has 2 aliphatic rings. The first kappa shape index (κ1) is 10.9. The maximum Gasteiger partial charge on any atom is 0.223 e. The molecule has 2 fully saturated rings. The van der Waals surface area contributed by atoms with Gasteiger partial charge in [0.25, 0.3) is 0 Å². The fourth-order valence-corrected chi connectivity index (χ4v) is 2.53. The number of amides is 1. The summed E-state index contributed by atoms with van der Waals surface area (Å²) in [5.74, 6) is 0.624. The minimum absolute atomic E-state index is 0.306. The smallest absolute Gasteiger partial charge is 0.223 e. The van der Waals surface area contributed by atoms with Crippen molar-refractivity contribution in [3.63, 3.8) is 0 Å². The van der Waals surface area contributed by atoms with Gasteiger partial charge in [-0.1, -0.05) is 12.8 Å². The monoisotopic (exact) mass is 210 g/mol. The average Bonchev–Trinajstić information content (AvgIpc) is 2.61. The van der Waals surface area contributed by atoms with E-state index >= 15 is 0 Å². The second-order valence-electron chi connectivity index (χ2n) is 5.23. The van der Waals surface area contributed by atoms with Gasteiger partial charge in [-0.05, 0) is 26.7 Å². The fourth-order valence-electron chi connectivity index (χ4n) is 2.53. The van der Waals surface area contributed by atoms with Gasteiger partial charge in [0, 0.05) is 25.0 Å². The highest BCUT2D eigenvalue weighted by Crippen LogP contribution is 2.25. The van der Waals surface area contributed by atoms with Gasteiger partial charge >= 0.3 is 0 Å². The molecule has 3 heteroatoms. The molecule has 0 unspecified atom stereocenters. The zero-order valence-electron chi connectivity index (χ0n) is 9.83. The summed E-state index contributed by atoms with van der Waals surface area (Å²) >= 11 is 0. The Labute approximate surface area is 92.2 Å². The number of nitrogens with one attached hydrogen (secondary N) is 1.